The van der Waals surface area contributed by atoms with E-state index in [1.807, 2.05) is 24.3 Å². The molecule has 2 heterocycles. The molecule has 1 aromatic heterocycles. The molecule has 0 amide bonds. The lowest BCUT2D eigenvalue weighted by molar-refractivity contribution is 0.171. The van der Waals surface area contributed by atoms with Crippen molar-refractivity contribution in [2.45, 2.75) is 13.8 Å². The van der Waals surface area contributed by atoms with Gasteiger partial charge < -0.3 is 19.7 Å². The molecule has 0 fully saturated rings. The summed E-state index contributed by atoms with van der Waals surface area (Å²) >= 11 is 0. The fourth-order valence-corrected chi connectivity index (χ4v) is 3.10. The number of benzene rings is 2. The first-order valence-corrected chi connectivity index (χ1v) is 9.06. The third kappa shape index (κ3) is 3.79. The highest BCUT2D eigenvalue weighted by Gasteiger charge is 2.13. The molecule has 1 N–H and O–H groups in total. The van der Waals surface area contributed by atoms with Crippen LogP contribution in [-0.4, -0.2) is 29.7 Å². The monoisotopic (exact) mass is 362 g/mol. The number of nitrogens with zero attached hydrogens (tertiary/aromatic N) is 3. The second kappa shape index (κ2) is 7.53. The summed E-state index contributed by atoms with van der Waals surface area (Å²) in [7, 11) is 0. The smallest absolute Gasteiger partial charge is 0.163 e. The normalized spacial score (nSPS) is 12.5. The first-order chi connectivity index (χ1) is 13.2. The first kappa shape index (κ1) is 17.1. The Hall–Kier alpha value is -3.28. The van der Waals surface area contributed by atoms with Crippen molar-refractivity contribution in [2.24, 2.45) is 0 Å². The number of hydrogen-bond acceptors (Lipinski definition) is 6. The van der Waals surface area contributed by atoms with Gasteiger partial charge in [0.25, 0.3) is 0 Å². The molecule has 1 aliphatic rings. The molecule has 0 saturated heterocycles. The third-order valence-corrected chi connectivity index (χ3v) is 4.37. The van der Waals surface area contributed by atoms with Crippen molar-refractivity contribution in [1.82, 2.24) is 9.97 Å². The fraction of sp³-hybridized carbons (Fsp3) is 0.238. The molecule has 4 rings (SSSR count). The van der Waals surface area contributed by atoms with Crippen LogP contribution in [0.1, 0.15) is 12.5 Å². The minimum atomic E-state index is 0.566. The molecule has 0 atom stereocenters. The van der Waals surface area contributed by atoms with Gasteiger partial charge in [-0.05, 0) is 43.7 Å². The van der Waals surface area contributed by atoms with Crippen molar-refractivity contribution in [3.8, 4) is 11.5 Å². The zero-order valence-electron chi connectivity index (χ0n) is 15.5. The molecular formula is C21H22N4O2. The Morgan fingerprint density at radius 1 is 1.00 bits per heavy atom. The maximum atomic E-state index is 5.64. The summed E-state index contributed by atoms with van der Waals surface area (Å²) in [5, 5.41) is 3.32. The van der Waals surface area contributed by atoms with Crippen LogP contribution >= 0.6 is 0 Å². The Morgan fingerprint density at radius 2 is 1.85 bits per heavy atom. The molecule has 138 valence electrons. The van der Waals surface area contributed by atoms with Crippen LogP contribution in [0.25, 0.3) is 0 Å². The van der Waals surface area contributed by atoms with E-state index in [9.17, 15) is 0 Å². The summed E-state index contributed by atoms with van der Waals surface area (Å²) in [6.45, 7) is 6.16. The number of ether oxygens (including phenoxy) is 2. The van der Waals surface area contributed by atoms with Crippen LogP contribution in [0.4, 0.5) is 23.0 Å². The van der Waals surface area contributed by atoms with Crippen molar-refractivity contribution in [1.29, 1.82) is 0 Å². The molecular weight excluding hydrogens is 340 g/mol. The SMILES string of the molecule is CCN(c1cccc(C)c1)c1cc(Nc2ccc3c(c2)OCCO3)ncn1. The molecule has 0 unspecified atom stereocenters. The van der Waals surface area contributed by atoms with Gasteiger partial charge in [0.1, 0.15) is 31.2 Å². The van der Waals surface area contributed by atoms with E-state index in [2.05, 4.69) is 58.3 Å². The Kier molecular flexibility index (Phi) is 4.78. The number of nitrogens with one attached hydrogen (secondary N) is 1. The van der Waals surface area contributed by atoms with E-state index < -0.39 is 0 Å². The summed E-state index contributed by atoms with van der Waals surface area (Å²) < 4.78 is 11.2. The predicted molar refractivity (Wildman–Crippen MR) is 107 cm³/mol. The molecule has 0 saturated carbocycles. The third-order valence-electron chi connectivity index (χ3n) is 4.37. The number of hydrogen-bond donors (Lipinski definition) is 1. The van der Waals surface area contributed by atoms with Crippen LogP contribution < -0.4 is 19.7 Å². The van der Waals surface area contributed by atoms with Gasteiger partial charge in [-0.15, -0.1) is 0 Å². The van der Waals surface area contributed by atoms with E-state index in [0.717, 1.165) is 41.1 Å². The Morgan fingerprint density at radius 3 is 2.67 bits per heavy atom. The standard InChI is InChI=1S/C21H22N4O2/c1-3-25(17-6-4-5-15(2)11-17)21-13-20(22-14-23-21)24-16-7-8-18-19(12-16)27-10-9-26-18/h4-8,11-14H,3,9-10H2,1-2H3,(H,22,23,24). The largest absolute Gasteiger partial charge is 0.486 e. The van der Waals surface area contributed by atoms with Crippen molar-refractivity contribution < 1.29 is 9.47 Å². The number of aromatic nitrogens is 2. The molecule has 0 spiro atoms. The molecule has 0 radical (unpaired) electrons. The van der Waals surface area contributed by atoms with Gasteiger partial charge in [0.2, 0.25) is 0 Å². The molecule has 1 aliphatic heterocycles. The fourth-order valence-electron chi connectivity index (χ4n) is 3.10. The Labute approximate surface area is 158 Å². The van der Waals surface area contributed by atoms with Gasteiger partial charge in [0.05, 0.1) is 0 Å². The number of anilines is 4. The van der Waals surface area contributed by atoms with E-state index in [1.54, 1.807) is 6.33 Å². The van der Waals surface area contributed by atoms with Gasteiger partial charge in [0, 0.05) is 30.1 Å². The number of rotatable bonds is 5. The van der Waals surface area contributed by atoms with Gasteiger partial charge in [-0.1, -0.05) is 12.1 Å². The summed E-state index contributed by atoms with van der Waals surface area (Å²) in [5.41, 5.74) is 3.22. The maximum Gasteiger partial charge on any atom is 0.163 e. The van der Waals surface area contributed by atoms with Gasteiger partial charge in [-0.25, -0.2) is 9.97 Å². The first-order valence-electron chi connectivity index (χ1n) is 9.06. The summed E-state index contributed by atoms with van der Waals surface area (Å²) in [4.78, 5) is 11.0. The predicted octanol–water partition coefficient (Wildman–Crippen LogP) is 4.46. The lowest BCUT2D eigenvalue weighted by atomic mass is 10.2. The second-order valence-corrected chi connectivity index (χ2v) is 6.33. The number of aryl methyl sites for hydroxylation is 1. The van der Waals surface area contributed by atoms with Gasteiger partial charge >= 0.3 is 0 Å². The molecule has 6 heteroatoms. The van der Waals surface area contributed by atoms with E-state index in [1.165, 1.54) is 5.56 Å². The summed E-state index contributed by atoms with van der Waals surface area (Å²) in [5.74, 6) is 3.09. The quantitative estimate of drug-likeness (QED) is 0.723. The Balaban J connectivity index is 1.58. The Bertz CT molecular complexity index is 945. The highest BCUT2D eigenvalue weighted by Crippen LogP contribution is 2.34. The summed E-state index contributed by atoms with van der Waals surface area (Å²) in [6.07, 6.45) is 1.58. The molecule has 27 heavy (non-hydrogen) atoms. The van der Waals surface area contributed by atoms with Gasteiger partial charge in [-0.2, -0.15) is 0 Å². The van der Waals surface area contributed by atoms with Crippen molar-refractivity contribution in [3.05, 3.63) is 60.4 Å². The van der Waals surface area contributed by atoms with Crippen LogP contribution in [0.15, 0.2) is 54.9 Å². The lowest BCUT2D eigenvalue weighted by Crippen LogP contribution is -2.17. The average Bonchev–Trinajstić information content (AvgIpc) is 2.69. The molecule has 0 bridgehead atoms. The van der Waals surface area contributed by atoms with E-state index in [4.69, 9.17) is 9.47 Å². The minimum Gasteiger partial charge on any atom is -0.486 e. The van der Waals surface area contributed by atoms with E-state index in [0.29, 0.717) is 13.2 Å². The van der Waals surface area contributed by atoms with Crippen LogP contribution in [0.3, 0.4) is 0 Å². The van der Waals surface area contributed by atoms with Gasteiger partial charge in [-0.3, -0.25) is 0 Å². The van der Waals surface area contributed by atoms with Gasteiger partial charge in [0.15, 0.2) is 11.5 Å². The van der Waals surface area contributed by atoms with Crippen molar-refractivity contribution in [2.75, 3.05) is 30.0 Å². The molecule has 0 aliphatic carbocycles. The maximum absolute atomic E-state index is 5.64. The van der Waals surface area contributed by atoms with Crippen LogP contribution in [0.2, 0.25) is 0 Å². The van der Waals surface area contributed by atoms with Crippen LogP contribution in [-0.2, 0) is 0 Å². The molecule has 6 nitrogen and oxygen atoms in total. The topological polar surface area (TPSA) is 59.5 Å². The highest BCUT2D eigenvalue weighted by molar-refractivity contribution is 5.66. The van der Waals surface area contributed by atoms with Crippen LogP contribution in [0.5, 0.6) is 11.5 Å². The van der Waals surface area contributed by atoms with E-state index in [-0.39, 0.29) is 0 Å². The van der Waals surface area contributed by atoms with E-state index >= 15 is 0 Å². The highest BCUT2D eigenvalue weighted by atomic mass is 16.6. The average molecular weight is 362 g/mol. The minimum absolute atomic E-state index is 0.566. The van der Waals surface area contributed by atoms with Crippen molar-refractivity contribution in [3.63, 3.8) is 0 Å². The second-order valence-electron chi connectivity index (χ2n) is 6.33. The molecule has 3 aromatic rings. The number of fused-ring (bicyclic) bond motifs is 1. The van der Waals surface area contributed by atoms with Crippen molar-refractivity contribution >= 4 is 23.0 Å². The van der Waals surface area contributed by atoms with Crippen LogP contribution in [0, 0.1) is 6.92 Å². The zero-order chi connectivity index (χ0) is 18.6. The molecule has 2 aromatic carbocycles. The zero-order valence-corrected chi connectivity index (χ0v) is 15.5. The lowest BCUT2D eigenvalue weighted by Gasteiger charge is -2.23. The summed E-state index contributed by atoms with van der Waals surface area (Å²) in [6, 6.07) is 16.1.